The Morgan fingerprint density at radius 1 is 1.00 bits per heavy atom. The molecule has 0 aliphatic heterocycles. The van der Waals surface area contributed by atoms with Crippen LogP contribution in [-0.4, -0.2) is 19.4 Å². The van der Waals surface area contributed by atoms with Crippen molar-refractivity contribution >= 4 is 61.2 Å². The molecule has 6 nitrogen and oxygen atoms in total. The smallest absolute Gasteiger partial charge is 0.235 e. The van der Waals surface area contributed by atoms with E-state index < -0.39 is 9.84 Å². The van der Waals surface area contributed by atoms with Gasteiger partial charge in [0.25, 0.3) is 0 Å². The van der Waals surface area contributed by atoms with Gasteiger partial charge in [-0.25, -0.2) is 8.42 Å². The first-order valence-electron chi connectivity index (χ1n) is 7.94. The molecule has 0 fully saturated rings. The van der Waals surface area contributed by atoms with Crippen LogP contribution in [0.1, 0.15) is 18.1 Å². The number of amides is 1. The summed E-state index contributed by atoms with van der Waals surface area (Å²) in [4.78, 5) is 11.0. The number of hydrogen-bond acceptors (Lipinski definition) is 4. The average Bonchev–Trinajstić information content (AvgIpc) is 2.63. The maximum atomic E-state index is 13.0. The molecule has 0 heterocycles. The second kappa shape index (κ2) is 9.88. The van der Waals surface area contributed by atoms with Crippen molar-refractivity contribution in [3.05, 3.63) is 75.9 Å². The van der Waals surface area contributed by atoms with E-state index in [-0.39, 0.29) is 21.7 Å². The number of thiocarbonyl (C=S) groups is 1. The zero-order valence-corrected chi connectivity index (χ0v) is 17.8. The Morgan fingerprint density at radius 3 is 2.07 bits per heavy atom. The number of hydrazine groups is 1. The monoisotopic (exact) mass is 457 g/mol. The minimum absolute atomic E-state index is 0.0195. The normalized spacial score (nSPS) is 11.6. The van der Waals surface area contributed by atoms with Crippen LogP contribution >= 0.6 is 35.4 Å². The van der Waals surface area contributed by atoms with E-state index >= 15 is 0 Å². The minimum Gasteiger partial charge on any atom is -0.337 e. The van der Waals surface area contributed by atoms with Crippen molar-refractivity contribution < 1.29 is 13.2 Å². The van der Waals surface area contributed by atoms with Crippen molar-refractivity contribution in [3.63, 3.8) is 0 Å². The van der Waals surface area contributed by atoms with Gasteiger partial charge in [0.1, 0.15) is 0 Å². The lowest BCUT2D eigenvalue weighted by Gasteiger charge is -2.12. The minimum atomic E-state index is -3.74. The Labute approximate surface area is 178 Å². The van der Waals surface area contributed by atoms with Gasteiger partial charge in [0.05, 0.1) is 10.7 Å². The third-order valence-corrected chi connectivity index (χ3v) is 5.88. The van der Waals surface area contributed by atoms with Crippen LogP contribution in [0.5, 0.6) is 0 Å². The summed E-state index contributed by atoms with van der Waals surface area (Å²) in [5.74, 6) is -0.576. The number of carbonyl (C=O) groups is 1. The number of halogens is 2. The highest BCUT2D eigenvalue weighted by Gasteiger charge is 2.21. The number of sulfone groups is 1. The number of hydrogen-bond donors (Lipinski definition) is 3. The molecule has 0 spiro atoms. The predicted octanol–water partition coefficient (Wildman–Crippen LogP) is 3.42. The molecule has 0 saturated carbocycles. The van der Waals surface area contributed by atoms with E-state index in [9.17, 15) is 13.2 Å². The van der Waals surface area contributed by atoms with E-state index in [1.54, 1.807) is 48.5 Å². The van der Waals surface area contributed by atoms with E-state index in [0.717, 1.165) is 0 Å². The first kappa shape index (κ1) is 22.2. The highest BCUT2D eigenvalue weighted by molar-refractivity contribution is 7.99. The van der Waals surface area contributed by atoms with Gasteiger partial charge < -0.3 is 5.32 Å². The molecular weight excluding hydrogens is 441 g/mol. The van der Waals surface area contributed by atoms with E-state index in [4.69, 9.17) is 35.4 Å². The molecule has 0 aliphatic carbocycles. The summed E-state index contributed by atoms with van der Waals surface area (Å²) in [6, 6.07) is 12.9. The van der Waals surface area contributed by atoms with E-state index in [1.807, 2.05) is 0 Å². The van der Waals surface area contributed by atoms with Crippen molar-refractivity contribution in [2.45, 2.75) is 12.7 Å². The molecule has 3 N–H and O–H groups in total. The quantitative estimate of drug-likeness (QED) is 0.470. The van der Waals surface area contributed by atoms with Gasteiger partial charge in [-0.05, 0) is 47.6 Å². The van der Waals surface area contributed by atoms with Crippen LogP contribution in [-0.2, 0) is 20.4 Å². The lowest BCUT2D eigenvalue weighted by Crippen LogP contribution is -2.44. The maximum absolute atomic E-state index is 13.0. The molecule has 0 saturated heterocycles. The van der Waals surface area contributed by atoms with Gasteiger partial charge in [0, 0.05) is 23.2 Å². The second-order valence-electron chi connectivity index (χ2n) is 5.68. The van der Waals surface area contributed by atoms with Crippen LogP contribution in [0.4, 0.5) is 0 Å². The molecule has 2 aromatic rings. The highest BCUT2D eigenvalue weighted by atomic mass is 35.5. The molecular formula is C18H17Cl2N3O3S2. The summed E-state index contributed by atoms with van der Waals surface area (Å²) >= 11 is 16.8. The van der Waals surface area contributed by atoms with E-state index in [1.165, 1.54) is 13.1 Å². The number of nitrogens with one attached hydrogen (secondary N) is 3. The Kier molecular flexibility index (Phi) is 7.82. The van der Waals surface area contributed by atoms with Crippen LogP contribution in [0.3, 0.4) is 0 Å². The highest BCUT2D eigenvalue weighted by Crippen LogP contribution is 2.26. The fourth-order valence-electron chi connectivity index (χ4n) is 2.16. The molecule has 0 unspecified atom stereocenters. The number of carbonyl (C=O) groups excluding carboxylic acids is 1. The molecule has 0 radical (unpaired) electrons. The second-order valence-corrected chi connectivity index (χ2v) is 8.92. The molecule has 0 aliphatic rings. The zero-order valence-electron chi connectivity index (χ0n) is 14.7. The molecule has 2 rings (SSSR count). The van der Waals surface area contributed by atoms with Crippen LogP contribution in [0.2, 0.25) is 10.0 Å². The first-order valence-corrected chi connectivity index (χ1v) is 10.8. The van der Waals surface area contributed by atoms with Crippen molar-refractivity contribution in [2.24, 2.45) is 0 Å². The van der Waals surface area contributed by atoms with Gasteiger partial charge in [-0.15, -0.1) is 0 Å². The topological polar surface area (TPSA) is 87.3 Å². The van der Waals surface area contributed by atoms with E-state index in [2.05, 4.69) is 16.2 Å². The molecule has 0 atom stereocenters. The van der Waals surface area contributed by atoms with Gasteiger partial charge in [-0.1, -0.05) is 47.5 Å². The molecule has 0 bridgehead atoms. The molecule has 2 aromatic carbocycles. The Morgan fingerprint density at radius 2 is 1.54 bits per heavy atom. The Hall–Kier alpha value is -2.13. The molecule has 10 heteroatoms. The third-order valence-electron chi connectivity index (χ3n) is 3.42. The summed E-state index contributed by atoms with van der Waals surface area (Å²) in [5, 5.41) is 3.69. The summed E-state index contributed by atoms with van der Waals surface area (Å²) in [7, 11) is -3.74. The van der Waals surface area contributed by atoms with Crippen LogP contribution in [0.25, 0.3) is 4.91 Å². The van der Waals surface area contributed by atoms with Crippen LogP contribution in [0.15, 0.2) is 54.7 Å². The van der Waals surface area contributed by atoms with Crippen molar-refractivity contribution in [3.8, 4) is 0 Å². The van der Waals surface area contributed by atoms with Gasteiger partial charge in [0.15, 0.2) is 14.9 Å². The molecule has 28 heavy (non-hydrogen) atoms. The fraction of sp³-hybridized carbons (Fsp3) is 0.111. The standard InChI is InChI=1S/C18H17Cl2N3O3S2/c1-12(24)22-23-18(27)21-10-17(14-4-8-16(20)9-5-14)28(25,26)11-13-2-6-15(19)7-3-13/h2-10H,11H2,1H3,(H,22,24)(H2,21,23,27)/b17-10+. The predicted molar refractivity (Wildman–Crippen MR) is 116 cm³/mol. The lowest BCUT2D eigenvalue weighted by molar-refractivity contribution is -0.119. The first-order chi connectivity index (χ1) is 13.2. The molecule has 148 valence electrons. The molecule has 1 amide bonds. The Bertz CT molecular complexity index is 990. The summed E-state index contributed by atoms with van der Waals surface area (Å²) in [5.41, 5.74) is 5.77. The van der Waals surface area contributed by atoms with E-state index in [0.29, 0.717) is 21.2 Å². The molecule has 0 aromatic heterocycles. The number of rotatable bonds is 5. The Balaban J connectivity index is 2.32. The lowest BCUT2D eigenvalue weighted by atomic mass is 10.2. The average molecular weight is 458 g/mol. The third kappa shape index (κ3) is 6.79. The summed E-state index contributed by atoms with van der Waals surface area (Å²) in [6.07, 6.45) is 1.27. The van der Waals surface area contributed by atoms with Crippen LogP contribution in [0, 0.1) is 0 Å². The fourth-order valence-corrected chi connectivity index (χ4v) is 4.04. The zero-order chi connectivity index (χ0) is 20.7. The van der Waals surface area contributed by atoms with Gasteiger partial charge in [-0.2, -0.15) is 0 Å². The number of benzene rings is 2. The SMILES string of the molecule is CC(=O)NNC(=S)N/C=C(\c1ccc(Cl)cc1)S(=O)(=O)Cc1ccc(Cl)cc1. The van der Waals surface area contributed by atoms with Crippen molar-refractivity contribution in [2.75, 3.05) is 0 Å². The van der Waals surface area contributed by atoms with Crippen LogP contribution < -0.4 is 16.2 Å². The maximum Gasteiger partial charge on any atom is 0.235 e. The van der Waals surface area contributed by atoms with Gasteiger partial charge in [0.2, 0.25) is 5.91 Å². The van der Waals surface area contributed by atoms with Crippen molar-refractivity contribution in [1.29, 1.82) is 0 Å². The van der Waals surface area contributed by atoms with Crippen molar-refractivity contribution in [1.82, 2.24) is 16.2 Å². The summed E-state index contributed by atoms with van der Waals surface area (Å²) in [6.45, 7) is 1.31. The van der Waals surface area contributed by atoms with Gasteiger partial charge in [-0.3, -0.25) is 15.6 Å². The van der Waals surface area contributed by atoms with Gasteiger partial charge >= 0.3 is 0 Å². The largest absolute Gasteiger partial charge is 0.337 e. The summed E-state index contributed by atoms with van der Waals surface area (Å²) < 4.78 is 26.1.